The maximum atomic E-state index is 13.1. The molecule has 26 heavy (non-hydrogen) atoms. The number of hydrogen-bond donors (Lipinski definition) is 2. The predicted molar refractivity (Wildman–Crippen MR) is 99.2 cm³/mol. The third-order valence-corrected chi connectivity index (χ3v) is 4.78. The Balaban J connectivity index is 2.07. The number of H-pyrrole nitrogens is 1. The number of pyridine rings is 1. The van der Waals surface area contributed by atoms with Crippen molar-refractivity contribution in [3.8, 4) is 0 Å². The Morgan fingerprint density at radius 2 is 1.85 bits per heavy atom. The molecule has 0 radical (unpaired) electrons. The van der Waals surface area contributed by atoms with Gasteiger partial charge in [0.25, 0.3) is 5.91 Å². The van der Waals surface area contributed by atoms with Crippen molar-refractivity contribution in [1.29, 1.82) is 0 Å². The molecule has 3 aromatic rings. The first-order valence-electron chi connectivity index (χ1n) is 8.31. The molecule has 1 amide bonds. The Kier molecular flexibility index (Phi) is 4.50. The number of likely N-dealkylation sites (N-methyl/N-ethyl adjacent to an activating group) is 1. The fourth-order valence-corrected chi connectivity index (χ4v) is 3.38. The molecule has 3 rings (SSSR count). The number of benzene rings is 1. The molecule has 2 heterocycles. The van der Waals surface area contributed by atoms with Crippen LogP contribution < -0.4 is 0 Å². The zero-order valence-electron chi connectivity index (χ0n) is 15.2. The average molecular weight is 351 g/mol. The van der Waals surface area contributed by atoms with Crippen molar-refractivity contribution in [1.82, 2.24) is 14.9 Å². The van der Waals surface area contributed by atoms with Crippen LogP contribution in [0.2, 0.25) is 0 Å². The van der Waals surface area contributed by atoms with Crippen LogP contribution in [0, 0.1) is 20.8 Å². The smallest absolute Gasteiger partial charge is 0.331 e. The van der Waals surface area contributed by atoms with Crippen molar-refractivity contribution in [2.24, 2.45) is 0 Å². The molecule has 0 aliphatic rings. The summed E-state index contributed by atoms with van der Waals surface area (Å²) in [5.41, 5.74) is 4.72. The maximum absolute atomic E-state index is 13.1. The number of carbonyl (C=O) groups excluding carboxylic acids is 1. The van der Waals surface area contributed by atoms with Crippen LogP contribution in [0.25, 0.3) is 10.9 Å². The Morgan fingerprint density at radius 3 is 2.42 bits per heavy atom. The number of carboxylic acid groups (broad SMARTS) is 1. The normalized spacial score (nSPS) is 12.2. The molecule has 1 atom stereocenters. The summed E-state index contributed by atoms with van der Waals surface area (Å²) in [5.74, 6) is -1.47. The summed E-state index contributed by atoms with van der Waals surface area (Å²) in [6, 6.07) is 6.23. The van der Waals surface area contributed by atoms with Gasteiger partial charge in [-0.05, 0) is 43.5 Å². The molecule has 0 aliphatic heterocycles. The van der Waals surface area contributed by atoms with Crippen molar-refractivity contribution in [2.45, 2.75) is 26.8 Å². The van der Waals surface area contributed by atoms with Crippen LogP contribution in [-0.4, -0.2) is 38.9 Å². The van der Waals surface area contributed by atoms with E-state index in [0.29, 0.717) is 11.3 Å². The van der Waals surface area contributed by atoms with E-state index in [-0.39, 0.29) is 5.91 Å². The van der Waals surface area contributed by atoms with E-state index in [1.807, 2.05) is 32.9 Å². The summed E-state index contributed by atoms with van der Waals surface area (Å²) in [5, 5.41) is 10.7. The second-order valence-electron chi connectivity index (χ2n) is 6.52. The summed E-state index contributed by atoms with van der Waals surface area (Å²) >= 11 is 0. The number of carbonyl (C=O) groups is 2. The summed E-state index contributed by atoms with van der Waals surface area (Å²) in [6.07, 6.45) is 3.03. The highest BCUT2D eigenvalue weighted by molar-refractivity contribution is 6.03. The summed E-state index contributed by atoms with van der Waals surface area (Å²) in [7, 11) is 1.50. The molecule has 1 aromatic carbocycles. The highest BCUT2D eigenvalue weighted by Gasteiger charge is 2.31. The molecule has 0 fully saturated rings. The van der Waals surface area contributed by atoms with E-state index in [0.717, 1.165) is 27.6 Å². The number of aryl methyl sites for hydroxylation is 3. The second-order valence-corrected chi connectivity index (χ2v) is 6.52. The first-order chi connectivity index (χ1) is 12.3. The lowest BCUT2D eigenvalue weighted by Gasteiger charge is -2.24. The molecular weight excluding hydrogens is 330 g/mol. The molecule has 2 N–H and O–H groups in total. The zero-order valence-corrected chi connectivity index (χ0v) is 15.2. The lowest BCUT2D eigenvalue weighted by atomic mass is 10.0. The third-order valence-electron chi connectivity index (χ3n) is 4.78. The second kappa shape index (κ2) is 6.63. The fourth-order valence-electron chi connectivity index (χ4n) is 3.38. The van der Waals surface area contributed by atoms with Gasteiger partial charge in [-0.3, -0.25) is 9.78 Å². The van der Waals surface area contributed by atoms with Crippen LogP contribution in [0.5, 0.6) is 0 Å². The van der Waals surface area contributed by atoms with E-state index in [2.05, 4.69) is 9.97 Å². The SMILES string of the molecule is Cc1ccc(C)c2c(C)c(C(=O)N(C)C(C(=O)O)c3cccnc3)[nH]c12. The number of hydrogen-bond acceptors (Lipinski definition) is 3. The number of nitrogens with one attached hydrogen (secondary N) is 1. The number of carboxylic acids is 1. The highest BCUT2D eigenvalue weighted by Crippen LogP contribution is 2.29. The van der Waals surface area contributed by atoms with Gasteiger partial charge in [0.15, 0.2) is 6.04 Å². The number of aromatic amines is 1. The van der Waals surface area contributed by atoms with Gasteiger partial charge >= 0.3 is 5.97 Å². The number of fused-ring (bicyclic) bond motifs is 1. The third kappa shape index (κ3) is 2.83. The predicted octanol–water partition coefficient (Wildman–Crippen LogP) is 3.39. The van der Waals surface area contributed by atoms with Gasteiger partial charge in [0.05, 0.1) is 0 Å². The minimum absolute atomic E-state index is 0.367. The molecule has 2 aromatic heterocycles. The highest BCUT2D eigenvalue weighted by atomic mass is 16.4. The van der Waals surface area contributed by atoms with Crippen LogP contribution in [0.1, 0.15) is 38.8 Å². The molecule has 134 valence electrons. The van der Waals surface area contributed by atoms with E-state index >= 15 is 0 Å². The van der Waals surface area contributed by atoms with Crippen LogP contribution in [-0.2, 0) is 4.79 Å². The molecule has 0 spiro atoms. The first kappa shape index (κ1) is 17.7. The molecule has 1 unspecified atom stereocenters. The standard InChI is InChI=1S/C20H21N3O3/c1-11-7-8-12(2)16-15(11)13(3)17(22-16)19(24)23(4)18(20(25)26)14-6-5-9-21-10-14/h5-10,18,22H,1-4H3,(H,25,26). The van der Waals surface area contributed by atoms with Gasteiger partial charge in [0, 0.05) is 35.9 Å². The van der Waals surface area contributed by atoms with E-state index in [1.54, 1.807) is 18.3 Å². The van der Waals surface area contributed by atoms with Gasteiger partial charge in [-0.25, -0.2) is 4.79 Å². The van der Waals surface area contributed by atoms with Crippen LogP contribution >= 0.6 is 0 Å². The van der Waals surface area contributed by atoms with E-state index in [4.69, 9.17) is 0 Å². The van der Waals surface area contributed by atoms with Crippen molar-refractivity contribution >= 4 is 22.8 Å². The Labute approximate surface area is 151 Å². The average Bonchev–Trinajstić information content (AvgIpc) is 2.97. The number of aliphatic carboxylic acids is 1. The maximum Gasteiger partial charge on any atom is 0.331 e. The largest absolute Gasteiger partial charge is 0.479 e. The first-order valence-corrected chi connectivity index (χ1v) is 8.31. The molecule has 0 saturated carbocycles. The van der Waals surface area contributed by atoms with Crippen molar-refractivity contribution in [3.05, 3.63) is 64.6 Å². The summed E-state index contributed by atoms with van der Waals surface area (Å²) < 4.78 is 0. The van der Waals surface area contributed by atoms with E-state index in [9.17, 15) is 14.7 Å². The molecule has 0 aliphatic carbocycles. The number of aromatic nitrogens is 2. The Hall–Kier alpha value is -3.15. The number of rotatable bonds is 4. The molecule has 6 nitrogen and oxygen atoms in total. The monoisotopic (exact) mass is 351 g/mol. The number of nitrogens with zero attached hydrogens (tertiary/aromatic N) is 2. The number of amides is 1. The fraction of sp³-hybridized carbons (Fsp3) is 0.250. The minimum Gasteiger partial charge on any atom is -0.479 e. The van der Waals surface area contributed by atoms with Gasteiger partial charge in [-0.15, -0.1) is 0 Å². The molecule has 0 bridgehead atoms. The van der Waals surface area contributed by atoms with Crippen LogP contribution in [0.15, 0.2) is 36.7 Å². The van der Waals surface area contributed by atoms with Gasteiger partial charge in [0.2, 0.25) is 0 Å². The zero-order chi connectivity index (χ0) is 19.0. The van der Waals surface area contributed by atoms with E-state index in [1.165, 1.54) is 18.1 Å². The van der Waals surface area contributed by atoms with Crippen molar-refractivity contribution < 1.29 is 14.7 Å². The van der Waals surface area contributed by atoms with Gasteiger partial charge in [-0.2, -0.15) is 0 Å². The van der Waals surface area contributed by atoms with Gasteiger partial charge in [0.1, 0.15) is 5.69 Å². The lowest BCUT2D eigenvalue weighted by molar-refractivity contribution is -0.142. The van der Waals surface area contributed by atoms with Crippen molar-refractivity contribution in [3.63, 3.8) is 0 Å². The van der Waals surface area contributed by atoms with Crippen LogP contribution in [0.4, 0.5) is 0 Å². The van der Waals surface area contributed by atoms with E-state index < -0.39 is 12.0 Å². The topological polar surface area (TPSA) is 86.3 Å². The molecule has 6 heteroatoms. The lowest BCUT2D eigenvalue weighted by Crippen LogP contribution is -2.36. The molecular formula is C20H21N3O3. The minimum atomic E-state index is -1.11. The Bertz CT molecular complexity index is 992. The van der Waals surface area contributed by atoms with Crippen LogP contribution in [0.3, 0.4) is 0 Å². The van der Waals surface area contributed by atoms with Gasteiger partial charge < -0.3 is 15.0 Å². The summed E-state index contributed by atoms with van der Waals surface area (Å²) in [4.78, 5) is 33.3. The van der Waals surface area contributed by atoms with Crippen molar-refractivity contribution in [2.75, 3.05) is 7.05 Å². The summed E-state index contributed by atoms with van der Waals surface area (Å²) in [6.45, 7) is 5.86. The Morgan fingerprint density at radius 1 is 1.15 bits per heavy atom. The molecule has 0 saturated heterocycles. The van der Waals surface area contributed by atoms with Gasteiger partial charge in [-0.1, -0.05) is 18.2 Å². The quantitative estimate of drug-likeness (QED) is 0.754.